The van der Waals surface area contributed by atoms with Gasteiger partial charge >= 0.3 is 0 Å². The molecule has 0 aliphatic rings. The maximum atomic E-state index is 15.2. The number of amides is 1. The van der Waals surface area contributed by atoms with Crippen molar-refractivity contribution in [3.05, 3.63) is 51.5 Å². The Hall–Kier alpha value is -2.16. The summed E-state index contributed by atoms with van der Waals surface area (Å²) in [6.07, 6.45) is 2.22. The second-order valence-electron chi connectivity index (χ2n) is 5.87. The second kappa shape index (κ2) is 8.24. The van der Waals surface area contributed by atoms with Crippen molar-refractivity contribution in [1.82, 2.24) is 15.0 Å². The summed E-state index contributed by atoms with van der Waals surface area (Å²) in [5, 5.41) is 3.29. The number of nitrogens with one attached hydrogen (secondary N) is 2. The SMILES string of the molecule is CCCONC(=O)c1cc2c(ncn2C)c(F)c1Nc1ccc(Br)cc1Cl. The molecule has 0 saturated heterocycles. The van der Waals surface area contributed by atoms with Crippen molar-refractivity contribution in [2.75, 3.05) is 11.9 Å². The van der Waals surface area contributed by atoms with Crippen LogP contribution in [-0.2, 0) is 11.9 Å². The summed E-state index contributed by atoms with van der Waals surface area (Å²) in [7, 11) is 1.72. The third-order valence-corrected chi connectivity index (χ3v) is 4.67. The summed E-state index contributed by atoms with van der Waals surface area (Å²) < 4.78 is 17.6. The number of anilines is 2. The number of aryl methyl sites for hydroxylation is 1. The standard InChI is InChI=1S/C18H17BrClFN4O2/c1-3-6-27-24-18(26)11-8-14-17(22-9-25(14)2)15(21)16(11)23-13-5-4-10(19)7-12(13)20/h4-5,7-9,23H,3,6H2,1-2H3,(H,24,26). The molecule has 2 aromatic carbocycles. The van der Waals surface area contributed by atoms with E-state index in [1.807, 2.05) is 6.92 Å². The van der Waals surface area contributed by atoms with Crippen molar-refractivity contribution >= 4 is 55.8 Å². The van der Waals surface area contributed by atoms with E-state index in [0.717, 1.165) is 10.9 Å². The van der Waals surface area contributed by atoms with Crippen LogP contribution in [0.25, 0.3) is 11.0 Å². The molecule has 3 aromatic rings. The lowest BCUT2D eigenvalue weighted by atomic mass is 10.1. The fourth-order valence-electron chi connectivity index (χ4n) is 2.52. The molecule has 0 atom stereocenters. The molecule has 0 aliphatic carbocycles. The molecule has 6 nitrogen and oxygen atoms in total. The molecule has 9 heteroatoms. The Kier molecular flexibility index (Phi) is 5.98. The summed E-state index contributed by atoms with van der Waals surface area (Å²) in [6.45, 7) is 2.26. The number of carbonyl (C=O) groups excluding carboxylic acids is 1. The number of carbonyl (C=O) groups is 1. The van der Waals surface area contributed by atoms with Gasteiger partial charge < -0.3 is 9.88 Å². The van der Waals surface area contributed by atoms with Crippen molar-refractivity contribution in [2.24, 2.45) is 7.05 Å². The molecule has 1 heterocycles. The Morgan fingerprint density at radius 1 is 1.41 bits per heavy atom. The minimum absolute atomic E-state index is 0.0250. The topological polar surface area (TPSA) is 68.2 Å². The highest BCUT2D eigenvalue weighted by Gasteiger charge is 2.22. The number of hydrogen-bond acceptors (Lipinski definition) is 4. The highest BCUT2D eigenvalue weighted by Crippen LogP contribution is 2.34. The largest absolute Gasteiger partial charge is 0.351 e. The van der Waals surface area contributed by atoms with Gasteiger partial charge in [0.15, 0.2) is 5.82 Å². The highest BCUT2D eigenvalue weighted by molar-refractivity contribution is 9.10. The van der Waals surface area contributed by atoms with E-state index < -0.39 is 11.7 Å². The Morgan fingerprint density at radius 2 is 2.19 bits per heavy atom. The van der Waals surface area contributed by atoms with Crippen molar-refractivity contribution in [3.8, 4) is 0 Å². The van der Waals surface area contributed by atoms with Crippen LogP contribution in [-0.4, -0.2) is 22.1 Å². The van der Waals surface area contributed by atoms with Gasteiger partial charge in [-0.05, 0) is 30.7 Å². The van der Waals surface area contributed by atoms with Crippen LogP contribution >= 0.6 is 27.5 Å². The zero-order valence-electron chi connectivity index (χ0n) is 14.6. The average molecular weight is 456 g/mol. The summed E-state index contributed by atoms with van der Waals surface area (Å²) in [4.78, 5) is 21.8. The van der Waals surface area contributed by atoms with Crippen LogP contribution in [0.15, 0.2) is 35.1 Å². The fraction of sp³-hybridized carbons (Fsp3) is 0.222. The van der Waals surface area contributed by atoms with Gasteiger partial charge in [0.1, 0.15) is 5.52 Å². The number of halogens is 3. The third kappa shape index (κ3) is 4.07. The second-order valence-corrected chi connectivity index (χ2v) is 7.19. The maximum Gasteiger partial charge on any atom is 0.277 e. The van der Waals surface area contributed by atoms with Gasteiger partial charge in [0.25, 0.3) is 5.91 Å². The van der Waals surface area contributed by atoms with E-state index in [9.17, 15) is 4.79 Å². The summed E-state index contributed by atoms with van der Waals surface area (Å²) in [5.74, 6) is -1.21. The van der Waals surface area contributed by atoms with Gasteiger partial charge in [0, 0.05) is 11.5 Å². The summed E-state index contributed by atoms with van der Waals surface area (Å²) in [6, 6.07) is 6.68. The van der Waals surface area contributed by atoms with E-state index >= 15 is 4.39 Å². The minimum Gasteiger partial charge on any atom is -0.351 e. The number of nitrogens with zero attached hydrogens (tertiary/aromatic N) is 2. The third-order valence-electron chi connectivity index (χ3n) is 3.87. The number of hydroxylamine groups is 1. The number of benzene rings is 2. The molecular formula is C18H17BrClFN4O2. The Morgan fingerprint density at radius 3 is 2.89 bits per heavy atom. The average Bonchev–Trinajstić information content (AvgIpc) is 3.00. The number of fused-ring (bicyclic) bond motifs is 1. The zero-order chi connectivity index (χ0) is 19.6. The fourth-order valence-corrected chi connectivity index (χ4v) is 3.25. The molecule has 0 saturated carbocycles. The minimum atomic E-state index is -0.646. The van der Waals surface area contributed by atoms with Gasteiger partial charge in [-0.2, -0.15) is 0 Å². The Balaban J connectivity index is 2.09. The quantitative estimate of drug-likeness (QED) is 0.408. The van der Waals surface area contributed by atoms with Gasteiger partial charge in [0.2, 0.25) is 0 Å². The molecule has 2 N–H and O–H groups in total. The van der Waals surface area contributed by atoms with E-state index in [2.05, 4.69) is 31.7 Å². The van der Waals surface area contributed by atoms with Gasteiger partial charge in [-0.25, -0.2) is 14.9 Å². The molecule has 0 bridgehead atoms. The molecule has 0 radical (unpaired) electrons. The van der Waals surface area contributed by atoms with E-state index in [0.29, 0.717) is 22.8 Å². The first-order chi connectivity index (χ1) is 12.9. The van der Waals surface area contributed by atoms with Gasteiger partial charge in [-0.15, -0.1) is 0 Å². The monoisotopic (exact) mass is 454 g/mol. The Labute approximate surface area is 168 Å². The van der Waals surface area contributed by atoms with Crippen LogP contribution in [0.5, 0.6) is 0 Å². The van der Waals surface area contributed by atoms with Gasteiger partial charge in [-0.1, -0.05) is 34.5 Å². The molecule has 0 spiro atoms. The van der Waals surface area contributed by atoms with E-state index in [1.165, 1.54) is 6.33 Å². The molecule has 142 valence electrons. The van der Waals surface area contributed by atoms with Crippen molar-refractivity contribution in [3.63, 3.8) is 0 Å². The lowest BCUT2D eigenvalue weighted by Gasteiger charge is -2.15. The molecule has 1 aromatic heterocycles. The lowest BCUT2D eigenvalue weighted by molar-refractivity contribution is 0.0315. The van der Waals surface area contributed by atoms with Crippen LogP contribution in [0.4, 0.5) is 15.8 Å². The molecule has 0 aliphatic heterocycles. The smallest absolute Gasteiger partial charge is 0.277 e. The number of imidazole rings is 1. The van der Waals surface area contributed by atoms with Gasteiger partial charge in [-0.3, -0.25) is 9.63 Å². The van der Waals surface area contributed by atoms with Crippen LogP contribution in [0, 0.1) is 5.82 Å². The van der Waals surface area contributed by atoms with E-state index in [1.54, 1.807) is 35.9 Å². The lowest BCUT2D eigenvalue weighted by Crippen LogP contribution is -2.25. The molecule has 3 rings (SSSR count). The van der Waals surface area contributed by atoms with Crippen LogP contribution < -0.4 is 10.8 Å². The van der Waals surface area contributed by atoms with Crippen molar-refractivity contribution in [2.45, 2.75) is 13.3 Å². The number of aromatic nitrogens is 2. The summed E-state index contributed by atoms with van der Waals surface area (Å²) >= 11 is 9.55. The predicted octanol–water partition coefficient (Wildman–Crippen LogP) is 4.94. The highest BCUT2D eigenvalue weighted by atomic mass is 79.9. The predicted molar refractivity (Wildman–Crippen MR) is 107 cm³/mol. The van der Waals surface area contributed by atoms with E-state index in [-0.39, 0.29) is 16.8 Å². The van der Waals surface area contributed by atoms with E-state index in [4.69, 9.17) is 16.4 Å². The van der Waals surface area contributed by atoms with Crippen LogP contribution in [0.1, 0.15) is 23.7 Å². The molecule has 1 amide bonds. The molecule has 27 heavy (non-hydrogen) atoms. The number of rotatable bonds is 6. The maximum absolute atomic E-state index is 15.2. The van der Waals surface area contributed by atoms with Crippen LogP contribution in [0.3, 0.4) is 0 Å². The van der Waals surface area contributed by atoms with Gasteiger partial charge in [0.05, 0.1) is 40.4 Å². The Bertz CT molecular complexity index is 1010. The zero-order valence-corrected chi connectivity index (χ0v) is 17.0. The number of hydrogen-bond donors (Lipinski definition) is 2. The molecule has 0 fully saturated rings. The first-order valence-electron chi connectivity index (χ1n) is 8.20. The first kappa shape index (κ1) is 19.6. The van der Waals surface area contributed by atoms with Crippen LogP contribution in [0.2, 0.25) is 5.02 Å². The first-order valence-corrected chi connectivity index (χ1v) is 9.37. The van der Waals surface area contributed by atoms with Crippen molar-refractivity contribution in [1.29, 1.82) is 0 Å². The summed E-state index contributed by atoms with van der Waals surface area (Å²) in [5.41, 5.74) is 3.49. The molecule has 0 unspecified atom stereocenters. The molecular weight excluding hydrogens is 439 g/mol. The normalized spacial score (nSPS) is 11.0. The van der Waals surface area contributed by atoms with Crippen molar-refractivity contribution < 1.29 is 14.0 Å².